The molecule has 1 aromatic heterocycles. The first-order valence-electron chi connectivity index (χ1n) is 4.90. The number of carbonyl (C=O) groups excluding carboxylic acids is 1. The smallest absolute Gasteiger partial charge is 0.433 e. The molecule has 1 atom stereocenters. The molecule has 0 spiro atoms. The van der Waals surface area contributed by atoms with Crippen molar-refractivity contribution in [3.63, 3.8) is 0 Å². The number of nitrogens with two attached hydrogens (primary N) is 1. The fraction of sp³-hybridized carbons (Fsp3) is 0.300. The maximum atomic E-state index is 12.5. The van der Waals surface area contributed by atoms with Crippen LogP contribution in [0.5, 0.6) is 0 Å². The molecule has 19 heavy (non-hydrogen) atoms. The summed E-state index contributed by atoms with van der Waals surface area (Å²) in [5, 5.41) is 7.30. The van der Waals surface area contributed by atoms with E-state index >= 15 is 0 Å². The summed E-state index contributed by atoms with van der Waals surface area (Å²) < 4.78 is 37.5. The van der Waals surface area contributed by atoms with Crippen LogP contribution >= 0.6 is 11.8 Å². The van der Waals surface area contributed by atoms with E-state index in [0.29, 0.717) is 17.8 Å². The van der Waals surface area contributed by atoms with Crippen LogP contribution in [-0.2, 0) is 11.0 Å². The summed E-state index contributed by atoms with van der Waals surface area (Å²) in [5.41, 5.74) is 3.55. The molecule has 1 aromatic rings. The summed E-state index contributed by atoms with van der Waals surface area (Å²) in [5.74, 6) is -2.21. The average Bonchev–Trinajstić information content (AvgIpc) is 2.27. The predicted molar refractivity (Wildman–Crippen MR) is 60.7 cm³/mol. The number of pyridine rings is 1. The number of amides is 1. The molecule has 0 aliphatic rings. The predicted octanol–water partition coefficient (Wildman–Crippen LogP) is 1.76. The first-order chi connectivity index (χ1) is 8.62. The van der Waals surface area contributed by atoms with Gasteiger partial charge in [-0.1, -0.05) is 11.8 Å². The third-order valence-corrected chi connectivity index (χ3v) is 3.14. The minimum Gasteiger partial charge on any atom is -0.480 e. The number of primary amides is 1. The highest BCUT2D eigenvalue weighted by atomic mass is 32.2. The van der Waals surface area contributed by atoms with Gasteiger partial charge < -0.3 is 10.8 Å². The molecule has 9 heteroatoms. The van der Waals surface area contributed by atoms with Crippen molar-refractivity contribution in [2.75, 3.05) is 0 Å². The summed E-state index contributed by atoms with van der Waals surface area (Å²) >= 11 is 0.525. The van der Waals surface area contributed by atoms with Crippen molar-refractivity contribution in [1.29, 1.82) is 0 Å². The van der Waals surface area contributed by atoms with E-state index in [4.69, 9.17) is 10.8 Å². The molecule has 1 unspecified atom stereocenters. The zero-order valence-electron chi connectivity index (χ0n) is 9.56. The average molecular weight is 294 g/mol. The molecule has 3 N–H and O–H groups in total. The maximum absolute atomic E-state index is 12.5. The highest BCUT2D eigenvalue weighted by molar-refractivity contribution is 8.00. The van der Waals surface area contributed by atoms with Crippen molar-refractivity contribution in [1.82, 2.24) is 4.98 Å². The Bertz CT molecular complexity index is 519. The normalized spacial score (nSPS) is 13.1. The molecule has 1 heterocycles. The van der Waals surface area contributed by atoms with Crippen LogP contribution in [0.3, 0.4) is 0 Å². The molecule has 1 amide bonds. The van der Waals surface area contributed by atoms with Crippen LogP contribution in [0.4, 0.5) is 13.2 Å². The molecule has 0 bridgehead atoms. The topological polar surface area (TPSA) is 93.3 Å². The Morgan fingerprint density at radius 1 is 1.42 bits per heavy atom. The van der Waals surface area contributed by atoms with E-state index in [2.05, 4.69) is 4.98 Å². The molecule has 0 saturated heterocycles. The highest BCUT2D eigenvalue weighted by Gasteiger charge is 2.33. The molecule has 104 valence electrons. The molecule has 0 saturated carbocycles. The number of carboxylic acids is 1. The lowest BCUT2D eigenvalue weighted by atomic mass is 10.2. The summed E-state index contributed by atoms with van der Waals surface area (Å²) in [6, 6.07) is 1.50. The van der Waals surface area contributed by atoms with Crippen LogP contribution < -0.4 is 5.73 Å². The number of carbonyl (C=O) groups is 2. The summed E-state index contributed by atoms with van der Waals surface area (Å²) in [6.07, 6.45) is -4.68. The Labute approximate surface area is 110 Å². The third-order valence-electron chi connectivity index (χ3n) is 2.05. The molecular formula is C10H9F3N2O3S. The van der Waals surface area contributed by atoms with E-state index in [1.165, 1.54) is 6.92 Å². The van der Waals surface area contributed by atoms with Crippen LogP contribution in [-0.4, -0.2) is 27.2 Å². The van der Waals surface area contributed by atoms with Crippen molar-refractivity contribution in [2.24, 2.45) is 5.73 Å². The minimum absolute atomic E-state index is 0.244. The van der Waals surface area contributed by atoms with Crippen LogP contribution in [0.1, 0.15) is 23.0 Å². The Balaban J connectivity index is 3.23. The van der Waals surface area contributed by atoms with Gasteiger partial charge >= 0.3 is 12.1 Å². The first-order valence-corrected chi connectivity index (χ1v) is 5.78. The number of aromatic nitrogens is 1. The van der Waals surface area contributed by atoms with Crippen LogP contribution in [0.25, 0.3) is 0 Å². The van der Waals surface area contributed by atoms with Crippen molar-refractivity contribution < 1.29 is 27.9 Å². The quantitative estimate of drug-likeness (QED) is 0.825. The standard InChI is InChI=1S/C10H9F3N2O3S/c1-4(9(17)18)19-8-5(7(14)16)2-3-6(15-8)10(11,12)13/h2-4H,1H3,(H2,14,16)(H,17,18). The highest BCUT2D eigenvalue weighted by Crippen LogP contribution is 2.32. The van der Waals surface area contributed by atoms with Crippen molar-refractivity contribution in [3.05, 3.63) is 23.4 Å². The number of halogens is 3. The number of alkyl halides is 3. The lowest BCUT2D eigenvalue weighted by molar-refractivity contribution is -0.141. The van der Waals surface area contributed by atoms with Gasteiger partial charge in [0.25, 0.3) is 5.91 Å². The van der Waals surface area contributed by atoms with E-state index in [9.17, 15) is 22.8 Å². The maximum Gasteiger partial charge on any atom is 0.433 e. The van der Waals surface area contributed by atoms with E-state index in [1.807, 2.05) is 0 Å². The van der Waals surface area contributed by atoms with Gasteiger partial charge in [-0.3, -0.25) is 9.59 Å². The number of hydrogen-bond donors (Lipinski definition) is 2. The Morgan fingerprint density at radius 2 is 2.00 bits per heavy atom. The van der Waals surface area contributed by atoms with Crippen LogP contribution in [0.15, 0.2) is 17.2 Å². The number of carboxylic acid groups (broad SMARTS) is 1. The number of nitrogens with zero attached hydrogens (tertiary/aromatic N) is 1. The number of hydrogen-bond acceptors (Lipinski definition) is 4. The fourth-order valence-electron chi connectivity index (χ4n) is 1.09. The zero-order chi connectivity index (χ0) is 14.8. The lowest BCUT2D eigenvalue weighted by Crippen LogP contribution is -2.18. The van der Waals surface area contributed by atoms with E-state index in [0.717, 1.165) is 6.07 Å². The van der Waals surface area contributed by atoms with Gasteiger partial charge in [-0.25, -0.2) is 4.98 Å². The molecule has 0 radical (unpaired) electrons. The molecule has 0 aromatic carbocycles. The van der Waals surface area contributed by atoms with Crippen molar-refractivity contribution >= 4 is 23.6 Å². The zero-order valence-corrected chi connectivity index (χ0v) is 10.4. The SMILES string of the molecule is CC(Sc1nc(C(F)(F)F)ccc1C(N)=O)C(=O)O. The molecule has 0 fully saturated rings. The second-order valence-corrected chi connectivity index (χ2v) is 4.84. The second-order valence-electron chi connectivity index (χ2n) is 3.51. The van der Waals surface area contributed by atoms with Gasteiger partial charge in [0.1, 0.15) is 16.0 Å². The summed E-state index contributed by atoms with van der Waals surface area (Å²) in [4.78, 5) is 25.0. The van der Waals surface area contributed by atoms with E-state index < -0.39 is 29.0 Å². The molecule has 0 aliphatic carbocycles. The minimum atomic E-state index is -4.68. The van der Waals surface area contributed by atoms with Crippen molar-refractivity contribution in [3.8, 4) is 0 Å². The second kappa shape index (κ2) is 5.47. The molecular weight excluding hydrogens is 285 g/mol. The fourth-order valence-corrected chi connectivity index (χ4v) is 1.98. The monoisotopic (exact) mass is 294 g/mol. The van der Waals surface area contributed by atoms with Gasteiger partial charge in [-0.2, -0.15) is 13.2 Å². The van der Waals surface area contributed by atoms with E-state index in [-0.39, 0.29) is 10.6 Å². The Morgan fingerprint density at radius 3 is 2.42 bits per heavy atom. The molecule has 1 rings (SSSR count). The van der Waals surface area contributed by atoms with Crippen LogP contribution in [0, 0.1) is 0 Å². The van der Waals surface area contributed by atoms with Gasteiger partial charge in [0.05, 0.1) is 5.56 Å². The number of rotatable bonds is 4. The summed E-state index contributed by atoms with van der Waals surface area (Å²) in [6.45, 7) is 1.26. The Hall–Kier alpha value is -1.77. The third kappa shape index (κ3) is 3.85. The van der Waals surface area contributed by atoms with Gasteiger partial charge in [-0.15, -0.1) is 0 Å². The van der Waals surface area contributed by atoms with Crippen LogP contribution in [0.2, 0.25) is 0 Å². The molecule has 5 nitrogen and oxygen atoms in total. The van der Waals surface area contributed by atoms with Gasteiger partial charge in [0.15, 0.2) is 0 Å². The Kier molecular flexibility index (Phi) is 4.40. The lowest BCUT2D eigenvalue weighted by Gasteiger charge is -2.12. The van der Waals surface area contributed by atoms with Crippen molar-refractivity contribution in [2.45, 2.75) is 23.4 Å². The number of aliphatic carboxylic acids is 1. The summed E-state index contributed by atoms with van der Waals surface area (Å²) in [7, 11) is 0. The van der Waals surface area contributed by atoms with Gasteiger partial charge in [0, 0.05) is 0 Å². The van der Waals surface area contributed by atoms with E-state index in [1.54, 1.807) is 0 Å². The number of thioether (sulfide) groups is 1. The first kappa shape index (κ1) is 15.3. The largest absolute Gasteiger partial charge is 0.480 e. The molecule has 0 aliphatic heterocycles. The van der Waals surface area contributed by atoms with Gasteiger partial charge in [-0.05, 0) is 19.1 Å². The van der Waals surface area contributed by atoms with Gasteiger partial charge in [0.2, 0.25) is 0 Å².